The maximum Gasteiger partial charge on any atom is 0.332 e. The summed E-state index contributed by atoms with van der Waals surface area (Å²) in [6.45, 7) is 1.27. The summed E-state index contributed by atoms with van der Waals surface area (Å²) in [5, 5.41) is 2.75. The summed E-state index contributed by atoms with van der Waals surface area (Å²) in [5.41, 5.74) is 5.46. The largest absolute Gasteiger partial charge is 0.332 e. The Labute approximate surface area is 159 Å². The van der Waals surface area contributed by atoms with Gasteiger partial charge >= 0.3 is 6.03 Å². The van der Waals surface area contributed by atoms with Crippen molar-refractivity contribution in [1.82, 2.24) is 4.72 Å². The number of benzene rings is 1. The maximum absolute atomic E-state index is 12.3. The van der Waals surface area contributed by atoms with Gasteiger partial charge in [0.1, 0.15) is 11.6 Å². The van der Waals surface area contributed by atoms with Crippen molar-refractivity contribution in [3.05, 3.63) is 28.3 Å². The lowest BCUT2D eigenvalue weighted by molar-refractivity contribution is -0.125. The summed E-state index contributed by atoms with van der Waals surface area (Å²) in [5.74, 6) is -1.28. The highest BCUT2D eigenvalue weighted by atomic mass is 32.2. The van der Waals surface area contributed by atoms with Gasteiger partial charge in [0.25, 0.3) is 0 Å². The molecule has 1 aromatic carbocycles. The minimum Gasteiger partial charge on any atom is -0.307 e. The van der Waals surface area contributed by atoms with Gasteiger partial charge in [-0.3, -0.25) is 9.59 Å². The Morgan fingerprint density at radius 3 is 2.15 bits per heavy atom. The van der Waals surface area contributed by atoms with Crippen LogP contribution in [-0.4, -0.2) is 31.8 Å². The minimum atomic E-state index is -3.95. The number of nitrogens with one attached hydrogen (secondary N) is 2. The van der Waals surface area contributed by atoms with Crippen LogP contribution in [0.5, 0.6) is 0 Å². The highest BCUT2D eigenvalue weighted by Crippen LogP contribution is 2.38. The first-order chi connectivity index (χ1) is 12.7. The number of amides is 2. The molecule has 0 bridgehead atoms. The maximum atomic E-state index is 12.3. The summed E-state index contributed by atoms with van der Waals surface area (Å²) < 4.78 is 26.1. The molecule has 0 atom stereocenters. The molecule has 146 valence electrons. The fourth-order valence-corrected chi connectivity index (χ4v) is 4.84. The Kier molecular flexibility index (Phi) is 5.64. The third-order valence-electron chi connectivity index (χ3n) is 5.06. The van der Waals surface area contributed by atoms with E-state index in [0.29, 0.717) is 0 Å². The quantitative estimate of drug-likeness (QED) is 0.690. The molecule has 0 saturated heterocycles. The van der Waals surface area contributed by atoms with E-state index in [1.807, 2.05) is 4.72 Å². The van der Waals surface area contributed by atoms with Crippen LogP contribution in [0.15, 0.2) is 6.07 Å². The predicted octanol–water partition coefficient (Wildman–Crippen LogP) is 2.05. The standard InChI is InChI=1S/C19H24N2O5S/c1-12(22)10-15(23)8-9-27(25,26)21-19(24)20-18-16-6-2-4-13(16)11-14-5-3-7-17(14)18/h11H,2-10H2,1H3,(H2,20,21,24). The van der Waals surface area contributed by atoms with E-state index >= 15 is 0 Å². The zero-order chi connectivity index (χ0) is 19.6. The van der Waals surface area contributed by atoms with Crippen molar-refractivity contribution in [3.8, 4) is 0 Å². The zero-order valence-electron chi connectivity index (χ0n) is 15.4. The fraction of sp³-hybridized carbons (Fsp3) is 0.526. The van der Waals surface area contributed by atoms with Crippen LogP contribution in [0.1, 0.15) is 54.9 Å². The number of carbonyl (C=O) groups is 3. The lowest BCUT2D eigenvalue weighted by Crippen LogP contribution is -2.37. The van der Waals surface area contributed by atoms with Gasteiger partial charge in [-0.1, -0.05) is 6.07 Å². The number of anilines is 1. The van der Waals surface area contributed by atoms with Crippen LogP contribution in [0.2, 0.25) is 0 Å². The molecule has 2 aliphatic carbocycles. The Hall–Kier alpha value is -2.22. The van der Waals surface area contributed by atoms with Gasteiger partial charge in [-0.2, -0.15) is 0 Å². The van der Waals surface area contributed by atoms with Crippen molar-refractivity contribution in [1.29, 1.82) is 0 Å². The van der Waals surface area contributed by atoms with Crippen molar-refractivity contribution in [2.45, 2.75) is 58.3 Å². The Balaban J connectivity index is 1.66. The van der Waals surface area contributed by atoms with Crippen LogP contribution < -0.4 is 10.0 Å². The first kappa shape index (κ1) is 19.5. The van der Waals surface area contributed by atoms with Crippen molar-refractivity contribution in [2.75, 3.05) is 11.1 Å². The summed E-state index contributed by atoms with van der Waals surface area (Å²) in [6, 6.07) is 1.42. The molecule has 7 nitrogen and oxygen atoms in total. The van der Waals surface area contributed by atoms with Crippen molar-refractivity contribution in [2.24, 2.45) is 0 Å². The molecular formula is C19H24N2O5S. The SMILES string of the molecule is CC(=O)CC(=O)CCS(=O)(=O)NC(=O)Nc1c2c(cc3c1CCC3)CCC2. The number of Topliss-reactive ketones (excluding diaryl/α,β-unsaturated/α-hetero) is 2. The van der Waals surface area contributed by atoms with Gasteiger partial charge in [-0.25, -0.2) is 17.9 Å². The van der Waals surface area contributed by atoms with Crippen LogP contribution in [0.4, 0.5) is 10.5 Å². The van der Waals surface area contributed by atoms with Crippen molar-refractivity contribution >= 4 is 33.3 Å². The van der Waals surface area contributed by atoms with E-state index in [0.717, 1.165) is 55.3 Å². The van der Waals surface area contributed by atoms with Gasteiger partial charge in [-0.15, -0.1) is 0 Å². The summed E-state index contributed by atoms with van der Waals surface area (Å²) in [4.78, 5) is 34.7. The average molecular weight is 392 g/mol. The van der Waals surface area contributed by atoms with Crippen LogP contribution in [0.25, 0.3) is 0 Å². The van der Waals surface area contributed by atoms with E-state index in [1.54, 1.807) is 0 Å². The van der Waals surface area contributed by atoms with Gasteiger partial charge in [0, 0.05) is 12.1 Å². The average Bonchev–Trinajstić information content (AvgIpc) is 3.20. The molecule has 2 amide bonds. The van der Waals surface area contributed by atoms with Crippen LogP contribution in [0.3, 0.4) is 0 Å². The normalized spacial score (nSPS) is 15.1. The lowest BCUT2D eigenvalue weighted by atomic mass is 9.99. The van der Waals surface area contributed by atoms with Crippen LogP contribution in [-0.2, 0) is 45.3 Å². The first-order valence-corrected chi connectivity index (χ1v) is 10.9. The highest BCUT2D eigenvalue weighted by molar-refractivity contribution is 7.90. The second-order valence-corrected chi connectivity index (χ2v) is 9.12. The number of hydrogen-bond donors (Lipinski definition) is 2. The minimum absolute atomic E-state index is 0.288. The van der Waals surface area contributed by atoms with Crippen molar-refractivity contribution in [3.63, 3.8) is 0 Å². The van der Waals surface area contributed by atoms with E-state index in [1.165, 1.54) is 18.1 Å². The topological polar surface area (TPSA) is 109 Å². The van der Waals surface area contributed by atoms with Crippen molar-refractivity contribution < 1.29 is 22.8 Å². The van der Waals surface area contributed by atoms with E-state index in [-0.39, 0.29) is 18.6 Å². The lowest BCUT2D eigenvalue weighted by Gasteiger charge is -2.16. The molecular weight excluding hydrogens is 368 g/mol. The highest BCUT2D eigenvalue weighted by Gasteiger charge is 2.26. The van der Waals surface area contributed by atoms with Gasteiger partial charge in [0.2, 0.25) is 10.0 Å². The molecule has 3 rings (SSSR count). The van der Waals surface area contributed by atoms with E-state index in [2.05, 4.69) is 11.4 Å². The van der Waals surface area contributed by atoms with Gasteiger partial charge in [-0.05, 0) is 67.7 Å². The number of urea groups is 1. The summed E-state index contributed by atoms with van der Waals surface area (Å²) in [7, 11) is -3.95. The molecule has 0 fully saturated rings. The predicted molar refractivity (Wildman–Crippen MR) is 101 cm³/mol. The molecule has 8 heteroatoms. The van der Waals surface area contributed by atoms with Crippen LogP contribution in [0, 0.1) is 0 Å². The third-order valence-corrected chi connectivity index (χ3v) is 6.29. The Morgan fingerprint density at radius 2 is 1.59 bits per heavy atom. The number of carbonyl (C=O) groups excluding carboxylic acids is 3. The smallest absolute Gasteiger partial charge is 0.307 e. The molecule has 2 aliphatic rings. The summed E-state index contributed by atoms with van der Waals surface area (Å²) in [6.07, 6.45) is 5.21. The molecule has 0 heterocycles. The number of sulfonamides is 1. The van der Waals surface area contributed by atoms with E-state index in [9.17, 15) is 22.8 Å². The Bertz CT molecular complexity index is 873. The molecule has 2 N–H and O–H groups in total. The molecule has 0 unspecified atom stereocenters. The second-order valence-electron chi connectivity index (χ2n) is 7.28. The van der Waals surface area contributed by atoms with Gasteiger partial charge in [0.15, 0.2) is 0 Å². The molecule has 1 aromatic rings. The number of hydrogen-bond acceptors (Lipinski definition) is 5. The molecule has 27 heavy (non-hydrogen) atoms. The third kappa shape index (κ3) is 4.74. The molecule has 0 saturated carbocycles. The molecule has 0 spiro atoms. The monoisotopic (exact) mass is 392 g/mol. The first-order valence-electron chi connectivity index (χ1n) is 9.24. The number of rotatable bonds is 7. The van der Waals surface area contributed by atoms with Crippen LogP contribution >= 0.6 is 0 Å². The Morgan fingerprint density at radius 1 is 1.00 bits per heavy atom. The number of fused-ring (bicyclic) bond motifs is 2. The number of ketones is 2. The van der Waals surface area contributed by atoms with E-state index < -0.39 is 27.6 Å². The van der Waals surface area contributed by atoms with Gasteiger partial charge in [0.05, 0.1) is 12.2 Å². The molecule has 0 radical (unpaired) electrons. The fourth-order valence-electron chi connectivity index (χ4n) is 3.91. The number of aryl methyl sites for hydroxylation is 2. The van der Waals surface area contributed by atoms with Gasteiger partial charge < -0.3 is 5.32 Å². The zero-order valence-corrected chi connectivity index (χ0v) is 16.2. The second kappa shape index (κ2) is 7.80. The summed E-state index contributed by atoms with van der Waals surface area (Å²) >= 11 is 0. The molecule has 0 aromatic heterocycles. The van der Waals surface area contributed by atoms with E-state index in [4.69, 9.17) is 0 Å². The molecule has 0 aliphatic heterocycles.